The number of carbonyl (C=O) groups is 1. The van der Waals surface area contributed by atoms with Gasteiger partial charge in [0.1, 0.15) is 5.69 Å². The molecular weight excluding hydrogens is 916 g/mol. The lowest BCUT2D eigenvalue weighted by atomic mass is 10.0. The number of halogens is 1. The summed E-state index contributed by atoms with van der Waals surface area (Å²) in [4.78, 5) is 56.4. The fraction of sp³-hybridized carbons (Fsp3) is 0.315. The number of nitro groups is 2. The Kier molecular flexibility index (Phi) is 12.8. The molecule has 3 aliphatic heterocycles. The lowest BCUT2D eigenvalue weighted by Gasteiger charge is -2.35. The maximum atomic E-state index is 13.9. The maximum absolute atomic E-state index is 13.9. The van der Waals surface area contributed by atoms with Gasteiger partial charge in [-0.2, -0.15) is 4.39 Å². The molecule has 11 rings (SSSR count). The van der Waals surface area contributed by atoms with Crippen LogP contribution >= 0.6 is 0 Å². The number of carbonyl (C=O) groups excluding carboxylic acids is 1. The minimum Gasteiger partial charge on any atom is -0.362 e. The molecule has 4 aromatic heterocycles. The number of rotatable bonds is 11. The lowest BCUT2D eigenvalue weighted by Crippen LogP contribution is -2.48. The summed E-state index contributed by atoms with van der Waals surface area (Å²) in [6.07, 6.45) is 13.9. The van der Waals surface area contributed by atoms with Crippen molar-refractivity contribution in [2.75, 3.05) is 41.7 Å². The zero-order valence-corrected chi connectivity index (χ0v) is 41.0. The molecule has 368 valence electrons. The quantitative estimate of drug-likeness (QED) is 0.0921. The Labute approximate surface area is 415 Å². The highest BCUT2D eigenvalue weighted by atomic mass is 19.1. The van der Waals surface area contributed by atoms with E-state index in [0.717, 1.165) is 102 Å². The Morgan fingerprint density at radius 2 is 1.17 bits per heavy atom. The molecule has 1 amide bonds. The Balaban J connectivity index is 0.000000170. The van der Waals surface area contributed by atoms with Crippen molar-refractivity contribution in [1.82, 2.24) is 34.0 Å². The molecule has 1 saturated heterocycles. The van der Waals surface area contributed by atoms with Crippen LogP contribution in [0.2, 0.25) is 0 Å². The number of benzene rings is 4. The van der Waals surface area contributed by atoms with E-state index in [-0.39, 0.29) is 16.5 Å². The first-order valence-corrected chi connectivity index (χ1v) is 24.5. The molecular formula is C54H55FN12O5. The number of nitro benzene ring substituents is 2. The summed E-state index contributed by atoms with van der Waals surface area (Å²) < 4.78 is 18.6. The summed E-state index contributed by atoms with van der Waals surface area (Å²) in [6, 6.07) is 18.6. The third kappa shape index (κ3) is 8.92. The number of anilines is 5. The van der Waals surface area contributed by atoms with Gasteiger partial charge in [-0.15, -0.1) is 0 Å². The molecule has 1 fully saturated rings. The third-order valence-electron chi connectivity index (χ3n) is 14.2. The van der Waals surface area contributed by atoms with E-state index in [1.807, 2.05) is 24.1 Å². The Morgan fingerprint density at radius 1 is 0.681 bits per heavy atom. The number of hydrogen-bond donors (Lipinski definition) is 2. The number of para-hydroxylation sites is 2. The van der Waals surface area contributed by atoms with Gasteiger partial charge in [0.15, 0.2) is 0 Å². The largest absolute Gasteiger partial charge is 0.362 e. The number of amides is 1. The minimum absolute atomic E-state index is 0.0174. The summed E-state index contributed by atoms with van der Waals surface area (Å²) in [7, 11) is 0. The first-order chi connectivity index (χ1) is 34.8. The molecule has 3 aliphatic rings. The van der Waals surface area contributed by atoms with Gasteiger partial charge in [-0.1, -0.05) is 50.2 Å². The van der Waals surface area contributed by atoms with Crippen LogP contribution in [0, 0.1) is 39.9 Å². The van der Waals surface area contributed by atoms with E-state index in [1.54, 1.807) is 31.0 Å². The zero-order chi connectivity index (χ0) is 50.4. The predicted molar refractivity (Wildman–Crippen MR) is 278 cm³/mol. The molecule has 0 unspecified atom stereocenters. The smallest absolute Gasteiger partial charge is 0.306 e. The van der Waals surface area contributed by atoms with Gasteiger partial charge >= 0.3 is 5.69 Å². The van der Waals surface area contributed by atoms with E-state index in [9.17, 15) is 29.4 Å². The molecule has 72 heavy (non-hydrogen) atoms. The normalized spacial score (nSPS) is 14.0. The van der Waals surface area contributed by atoms with Crippen LogP contribution in [-0.4, -0.2) is 75.9 Å². The second-order valence-corrected chi connectivity index (χ2v) is 18.7. The predicted octanol–water partition coefficient (Wildman–Crippen LogP) is 10.9. The molecule has 0 saturated carbocycles. The first-order valence-electron chi connectivity index (χ1n) is 24.5. The second kappa shape index (κ2) is 19.5. The third-order valence-corrected chi connectivity index (χ3v) is 14.2. The molecule has 2 N–H and O–H groups in total. The van der Waals surface area contributed by atoms with Gasteiger partial charge in [0.25, 0.3) is 5.69 Å². The fourth-order valence-electron chi connectivity index (χ4n) is 10.5. The Bertz CT molecular complexity index is 3470. The lowest BCUT2D eigenvalue weighted by molar-refractivity contribution is -0.387. The average Bonchev–Trinajstić information content (AvgIpc) is 3.96. The number of nitrogens with zero attached hydrogens (tertiary/aromatic N) is 10. The van der Waals surface area contributed by atoms with Crippen molar-refractivity contribution in [2.24, 2.45) is 0 Å². The van der Waals surface area contributed by atoms with E-state index < -0.39 is 16.4 Å². The van der Waals surface area contributed by atoms with Crippen LogP contribution in [0.25, 0.3) is 44.3 Å². The van der Waals surface area contributed by atoms with Crippen LogP contribution in [-0.2, 0) is 43.6 Å². The molecule has 4 aromatic carbocycles. The highest BCUT2D eigenvalue weighted by Crippen LogP contribution is 2.40. The number of aryl methyl sites for hydroxylation is 8. The molecule has 17 nitrogen and oxygen atoms in total. The van der Waals surface area contributed by atoms with Gasteiger partial charge in [-0.25, -0.2) is 19.9 Å². The molecule has 0 spiro atoms. The van der Waals surface area contributed by atoms with Crippen molar-refractivity contribution < 1.29 is 19.0 Å². The topological polar surface area (TPSA) is 195 Å². The van der Waals surface area contributed by atoms with Crippen molar-refractivity contribution in [3.8, 4) is 22.5 Å². The molecule has 18 heteroatoms. The molecule has 0 radical (unpaired) electrons. The van der Waals surface area contributed by atoms with Gasteiger partial charge in [0, 0.05) is 105 Å². The zero-order valence-electron chi connectivity index (χ0n) is 41.0. The summed E-state index contributed by atoms with van der Waals surface area (Å²) in [5, 5.41) is 31.9. The van der Waals surface area contributed by atoms with Crippen molar-refractivity contribution in [1.29, 1.82) is 0 Å². The Morgan fingerprint density at radius 3 is 1.64 bits per heavy atom. The molecule has 0 atom stereocenters. The van der Waals surface area contributed by atoms with Crippen LogP contribution in [0.15, 0.2) is 85.5 Å². The SMILES string of the molecule is CCc1cnc(Nc2cc([N+](=O)[O-])c(F)cc2C)nc1-c1cn2c3c(cccc13)CCC2.CCc1cnc(Nc2cc([N+](=O)[O-])c(N3CCN(C(C)=O)CC3)cc2C)nc1-c1cn2c3c(cccc13)CCC2. The first kappa shape index (κ1) is 47.4. The number of aromatic nitrogens is 6. The highest BCUT2D eigenvalue weighted by molar-refractivity contribution is 5.99. The van der Waals surface area contributed by atoms with Crippen LogP contribution in [0.1, 0.15) is 67.0 Å². The second-order valence-electron chi connectivity index (χ2n) is 18.7. The summed E-state index contributed by atoms with van der Waals surface area (Å²) in [5.74, 6) is -0.126. The summed E-state index contributed by atoms with van der Waals surface area (Å²) in [6.45, 7) is 13.5. The number of piperazine rings is 1. The van der Waals surface area contributed by atoms with Crippen molar-refractivity contribution >= 4 is 68.0 Å². The van der Waals surface area contributed by atoms with Crippen LogP contribution in [0.5, 0.6) is 0 Å². The van der Waals surface area contributed by atoms with E-state index in [2.05, 4.69) is 92.4 Å². The summed E-state index contributed by atoms with van der Waals surface area (Å²) in [5.41, 5.74) is 13.6. The van der Waals surface area contributed by atoms with E-state index in [4.69, 9.17) is 9.97 Å². The molecule has 0 bridgehead atoms. The molecule has 8 aromatic rings. The fourth-order valence-corrected chi connectivity index (χ4v) is 10.5. The highest BCUT2D eigenvalue weighted by Gasteiger charge is 2.28. The van der Waals surface area contributed by atoms with Gasteiger partial charge in [-0.05, 0) is 97.9 Å². The average molecular weight is 971 g/mol. The van der Waals surface area contributed by atoms with Crippen LogP contribution < -0.4 is 15.5 Å². The van der Waals surface area contributed by atoms with E-state index in [0.29, 0.717) is 60.7 Å². The maximum Gasteiger partial charge on any atom is 0.306 e. The minimum atomic E-state index is -0.866. The monoisotopic (exact) mass is 970 g/mol. The van der Waals surface area contributed by atoms with Gasteiger partial charge < -0.3 is 29.6 Å². The number of nitrogens with one attached hydrogen (secondary N) is 2. The van der Waals surface area contributed by atoms with Crippen molar-refractivity contribution in [3.63, 3.8) is 0 Å². The standard InChI is InChI=1S/C30H33N7O3.C24H22FN5O2/c1-4-21-17-31-30(33-28(21)24-18-36-10-6-8-22-7-5-9-23(24)29(22)36)32-25-16-27(37(39)40)26(15-19(25)2)35-13-11-34(12-14-35)20(3)38;1-3-15-12-26-24(27-20-11-21(30(31)32)19(25)10-14(20)2)28-22(15)18-13-29-9-5-7-16-6-4-8-17(18)23(16)29/h5,7,9,15-18H,4,6,8,10-14H2,1-3H3,(H,31,32,33);4,6,8,10-13H,3,5,7,9H2,1-2H3,(H,26,27,28). The number of hydrogen-bond acceptors (Lipinski definition) is 12. The molecule has 7 heterocycles. The van der Waals surface area contributed by atoms with Gasteiger partial charge in [0.2, 0.25) is 23.6 Å². The van der Waals surface area contributed by atoms with Crippen molar-refractivity contribution in [2.45, 2.75) is 86.2 Å². The summed E-state index contributed by atoms with van der Waals surface area (Å²) >= 11 is 0. The van der Waals surface area contributed by atoms with Gasteiger partial charge in [0.05, 0.1) is 43.6 Å². The van der Waals surface area contributed by atoms with Crippen LogP contribution in [0.4, 0.5) is 44.7 Å². The molecule has 0 aliphatic carbocycles. The van der Waals surface area contributed by atoms with Gasteiger partial charge in [-0.3, -0.25) is 25.0 Å². The van der Waals surface area contributed by atoms with Crippen molar-refractivity contribution in [3.05, 3.63) is 145 Å². The van der Waals surface area contributed by atoms with E-state index >= 15 is 0 Å². The van der Waals surface area contributed by atoms with Crippen LogP contribution in [0.3, 0.4) is 0 Å². The van der Waals surface area contributed by atoms with E-state index in [1.165, 1.54) is 33.6 Å². The Hall–Kier alpha value is -8.28.